The Morgan fingerprint density at radius 3 is 2.71 bits per heavy atom. The van der Waals surface area contributed by atoms with Gasteiger partial charge < -0.3 is 9.73 Å². The maximum absolute atomic E-state index is 12.3. The minimum Gasteiger partial charge on any atom is -0.451 e. The van der Waals surface area contributed by atoms with Gasteiger partial charge in [0.2, 0.25) is 5.91 Å². The second-order valence-corrected chi connectivity index (χ2v) is 5.79. The van der Waals surface area contributed by atoms with Gasteiger partial charge in [0.25, 0.3) is 0 Å². The highest BCUT2D eigenvalue weighted by Crippen LogP contribution is 2.31. The quantitative estimate of drug-likeness (QED) is 0.731. The monoisotopic (exact) mass is 325 g/mol. The number of hydrogen-bond donors (Lipinski definition) is 1. The molecule has 1 N–H and O–H groups in total. The van der Waals surface area contributed by atoms with Crippen LogP contribution in [0.15, 0.2) is 34.9 Å². The average Bonchev–Trinajstić information content (AvgIpc) is 3.08. The summed E-state index contributed by atoms with van der Waals surface area (Å²) in [6, 6.07) is 7.27. The molecular formula is C18H19N3O3. The van der Waals surface area contributed by atoms with Crippen LogP contribution < -0.4 is 5.32 Å². The van der Waals surface area contributed by atoms with Crippen LogP contribution in [0.3, 0.4) is 0 Å². The molecule has 0 saturated carbocycles. The second-order valence-electron chi connectivity index (χ2n) is 5.79. The predicted molar refractivity (Wildman–Crippen MR) is 91.1 cm³/mol. The number of rotatable bonds is 5. The van der Waals surface area contributed by atoms with Gasteiger partial charge in [-0.05, 0) is 31.0 Å². The highest BCUT2D eigenvalue weighted by molar-refractivity contribution is 6.10. The van der Waals surface area contributed by atoms with E-state index in [1.54, 1.807) is 16.9 Å². The van der Waals surface area contributed by atoms with E-state index in [0.717, 1.165) is 16.6 Å². The molecule has 0 radical (unpaired) electrons. The molecule has 0 spiro atoms. The third-order valence-corrected chi connectivity index (χ3v) is 4.14. The smallest absolute Gasteiger partial charge is 0.224 e. The van der Waals surface area contributed by atoms with Gasteiger partial charge in [-0.2, -0.15) is 5.10 Å². The van der Waals surface area contributed by atoms with E-state index in [1.165, 1.54) is 6.92 Å². The SMILES string of the molecule is CC(=O)c1oc2ccccc2c1NC(=O)CCc1cnn(C)c1C. The second kappa shape index (κ2) is 6.31. The first-order valence-corrected chi connectivity index (χ1v) is 7.77. The normalized spacial score (nSPS) is 11.0. The number of fused-ring (bicyclic) bond motifs is 1. The Kier molecular flexibility index (Phi) is 4.20. The van der Waals surface area contributed by atoms with Crippen LogP contribution in [0.2, 0.25) is 0 Å². The van der Waals surface area contributed by atoms with Gasteiger partial charge in [-0.1, -0.05) is 12.1 Å². The van der Waals surface area contributed by atoms with Crippen molar-refractivity contribution in [3.8, 4) is 0 Å². The summed E-state index contributed by atoms with van der Waals surface area (Å²) in [5, 5.41) is 7.73. The van der Waals surface area contributed by atoms with Crippen molar-refractivity contribution in [2.45, 2.75) is 26.7 Å². The van der Waals surface area contributed by atoms with E-state index in [9.17, 15) is 9.59 Å². The Morgan fingerprint density at radius 1 is 1.29 bits per heavy atom. The molecule has 6 nitrogen and oxygen atoms in total. The van der Waals surface area contributed by atoms with Crippen LogP contribution >= 0.6 is 0 Å². The van der Waals surface area contributed by atoms with Crippen LogP contribution in [0.5, 0.6) is 0 Å². The highest BCUT2D eigenvalue weighted by atomic mass is 16.3. The number of hydrogen-bond acceptors (Lipinski definition) is 4. The van der Waals surface area contributed by atoms with Crippen LogP contribution in [0, 0.1) is 6.92 Å². The number of anilines is 1. The van der Waals surface area contributed by atoms with Gasteiger partial charge in [-0.25, -0.2) is 0 Å². The number of nitrogens with zero attached hydrogens (tertiary/aromatic N) is 2. The minimum atomic E-state index is -0.218. The van der Waals surface area contributed by atoms with E-state index in [1.807, 2.05) is 32.2 Å². The molecule has 24 heavy (non-hydrogen) atoms. The number of carbonyl (C=O) groups is 2. The maximum atomic E-state index is 12.3. The van der Waals surface area contributed by atoms with Crippen molar-refractivity contribution < 1.29 is 14.0 Å². The zero-order chi connectivity index (χ0) is 17.3. The third kappa shape index (κ3) is 2.95. The number of Topliss-reactive ketones (excluding diaryl/α,β-unsaturated/α-hetero) is 1. The summed E-state index contributed by atoms with van der Waals surface area (Å²) in [5.74, 6) is -0.195. The summed E-state index contributed by atoms with van der Waals surface area (Å²) in [5.41, 5.74) is 3.12. The van der Waals surface area contributed by atoms with E-state index in [-0.39, 0.29) is 17.5 Å². The van der Waals surface area contributed by atoms with Gasteiger partial charge in [-0.3, -0.25) is 14.3 Å². The van der Waals surface area contributed by atoms with Crippen molar-refractivity contribution >= 4 is 28.3 Å². The topological polar surface area (TPSA) is 77.1 Å². The number of carbonyl (C=O) groups excluding carboxylic acids is 2. The predicted octanol–water partition coefficient (Wildman–Crippen LogP) is 3.25. The van der Waals surface area contributed by atoms with Crippen LogP contribution in [-0.4, -0.2) is 21.5 Å². The molecule has 3 aromatic rings. The molecule has 2 heterocycles. The molecule has 0 aliphatic heterocycles. The zero-order valence-corrected chi connectivity index (χ0v) is 13.9. The minimum absolute atomic E-state index is 0.160. The zero-order valence-electron chi connectivity index (χ0n) is 13.9. The van der Waals surface area contributed by atoms with Gasteiger partial charge in [0.15, 0.2) is 11.5 Å². The standard InChI is InChI=1S/C18H19N3O3/c1-11-13(10-19-21(11)3)8-9-16(23)20-17-14-6-4-5-7-15(14)24-18(17)12(2)22/h4-7,10H,8-9H2,1-3H3,(H,20,23). The first-order chi connectivity index (χ1) is 11.5. The van der Waals surface area contributed by atoms with E-state index in [2.05, 4.69) is 10.4 Å². The third-order valence-electron chi connectivity index (χ3n) is 4.14. The van der Waals surface area contributed by atoms with Crippen molar-refractivity contribution in [3.05, 3.63) is 47.5 Å². The Hall–Kier alpha value is -2.89. The summed E-state index contributed by atoms with van der Waals surface area (Å²) in [4.78, 5) is 24.1. The Labute approximate surface area is 139 Å². The van der Waals surface area contributed by atoms with Crippen molar-refractivity contribution in [1.29, 1.82) is 0 Å². The number of benzene rings is 1. The van der Waals surface area contributed by atoms with E-state index >= 15 is 0 Å². The first-order valence-electron chi connectivity index (χ1n) is 7.77. The lowest BCUT2D eigenvalue weighted by Gasteiger charge is -2.05. The highest BCUT2D eigenvalue weighted by Gasteiger charge is 2.19. The fourth-order valence-electron chi connectivity index (χ4n) is 2.66. The van der Waals surface area contributed by atoms with Crippen LogP contribution in [0.1, 0.15) is 35.2 Å². The molecule has 0 saturated heterocycles. The number of furan rings is 1. The molecule has 0 bridgehead atoms. The summed E-state index contributed by atoms with van der Waals surface area (Å²) < 4.78 is 7.35. The van der Waals surface area contributed by atoms with Crippen LogP contribution in [-0.2, 0) is 18.3 Å². The fraction of sp³-hybridized carbons (Fsp3) is 0.278. The summed E-state index contributed by atoms with van der Waals surface area (Å²) in [6.07, 6.45) is 2.68. The summed E-state index contributed by atoms with van der Waals surface area (Å²) >= 11 is 0. The number of nitrogens with one attached hydrogen (secondary N) is 1. The number of aromatic nitrogens is 2. The van der Waals surface area contributed by atoms with E-state index < -0.39 is 0 Å². The van der Waals surface area contributed by atoms with Crippen molar-refractivity contribution in [2.75, 3.05) is 5.32 Å². The number of amides is 1. The van der Waals surface area contributed by atoms with Gasteiger partial charge in [0, 0.05) is 31.5 Å². The molecule has 1 aromatic carbocycles. The molecule has 0 aliphatic rings. The molecule has 1 amide bonds. The lowest BCUT2D eigenvalue weighted by Crippen LogP contribution is -2.14. The molecule has 0 atom stereocenters. The van der Waals surface area contributed by atoms with Gasteiger partial charge in [0.1, 0.15) is 5.58 Å². The molecule has 0 fully saturated rings. The fourth-order valence-corrected chi connectivity index (χ4v) is 2.66. The Balaban J connectivity index is 1.79. The number of aryl methyl sites for hydroxylation is 2. The van der Waals surface area contributed by atoms with E-state index in [4.69, 9.17) is 4.42 Å². The van der Waals surface area contributed by atoms with Gasteiger partial charge >= 0.3 is 0 Å². The lowest BCUT2D eigenvalue weighted by molar-refractivity contribution is -0.116. The number of ketones is 1. The molecule has 0 unspecified atom stereocenters. The largest absolute Gasteiger partial charge is 0.451 e. The van der Waals surface area contributed by atoms with Crippen LogP contribution in [0.4, 0.5) is 5.69 Å². The summed E-state index contributed by atoms with van der Waals surface area (Å²) in [6.45, 7) is 3.39. The van der Waals surface area contributed by atoms with Crippen molar-refractivity contribution in [3.63, 3.8) is 0 Å². The van der Waals surface area contributed by atoms with Gasteiger partial charge in [-0.15, -0.1) is 0 Å². The first kappa shape index (κ1) is 16.0. The van der Waals surface area contributed by atoms with Crippen LogP contribution in [0.25, 0.3) is 11.0 Å². The molecule has 124 valence electrons. The van der Waals surface area contributed by atoms with Crippen molar-refractivity contribution in [1.82, 2.24) is 9.78 Å². The molecule has 0 aliphatic carbocycles. The molecule has 6 heteroatoms. The number of para-hydroxylation sites is 1. The van der Waals surface area contributed by atoms with Gasteiger partial charge in [0.05, 0.1) is 11.9 Å². The Bertz CT molecular complexity index is 921. The molecule has 3 rings (SSSR count). The summed E-state index contributed by atoms with van der Waals surface area (Å²) in [7, 11) is 1.87. The van der Waals surface area contributed by atoms with Crippen molar-refractivity contribution in [2.24, 2.45) is 7.05 Å². The Morgan fingerprint density at radius 2 is 2.04 bits per heavy atom. The molecule has 2 aromatic heterocycles. The maximum Gasteiger partial charge on any atom is 0.224 e. The lowest BCUT2D eigenvalue weighted by atomic mass is 10.1. The molecular weight excluding hydrogens is 306 g/mol. The van der Waals surface area contributed by atoms with E-state index in [0.29, 0.717) is 24.1 Å². The average molecular weight is 325 g/mol.